The van der Waals surface area contributed by atoms with Crippen molar-refractivity contribution < 1.29 is 28.2 Å². The minimum atomic E-state index is -1.37. The maximum absolute atomic E-state index is 14.7. The predicted octanol–water partition coefficient (Wildman–Crippen LogP) is 4.47. The Morgan fingerprint density at radius 3 is 2.55 bits per heavy atom. The molecule has 1 unspecified atom stereocenters. The summed E-state index contributed by atoms with van der Waals surface area (Å²) in [5.74, 6) is -2.96. The van der Waals surface area contributed by atoms with Gasteiger partial charge in [0.2, 0.25) is 5.88 Å². The molecule has 0 aliphatic rings. The molecule has 3 aromatic rings. The molecule has 0 aliphatic heterocycles. The van der Waals surface area contributed by atoms with Gasteiger partial charge in [0.25, 0.3) is 0 Å². The standard InChI is InChI=1S/C21H18F2N2O4/c1-3-29-20-15-6-4-5-14(13(15)9-10-24-20)19(26)16-8-7-12(17(22)18(16)23)11(2)25-21(27)28/h4-11,25H,3H2,1-2H3,(H,27,28). The highest BCUT2D eigenvalue weighted by Crippen LogP contribution is 2.29. The average molecular weight is 400 g/mol. The zero-order valence-electron chi connectivity index (χ0n) is 15.7. The molecule has 29 heavy (non-hydrogen) atoms. The summed E-state index contributed by atoms with van der Waals surface area (Å²) in [6.45, 7) is 3.56. The molecule has 2 N–H and O–H groups in total. The van der Waals surface area contributed by atoms with E-state index in [9.17, 15) is 18.4 Å². The van der Waals surface area contributed by atoms with Crippen LogP contribution in [0.15, 0.2) is 42.6 Å². The number of pyridine rings is 1. The van der Waals surface area contributed by atoms with Crippen LogP contribution in [0, 0.1) is 11.6 Å². The molecule has 0 radical (unpaired) electrons. The highest BCUT2D eigenvalue weighted by molar-refractivity contribution is 6.17. The van der Waals surface area contributed by atoms with Crippen LogP contribution in [-0.4, -0.2) is 28.6 Å². The van der Waals surface area contributed by atoms with Gasteiger partial charge in [-0.05, 0) is 37.4 Å². The van der Waals surface area contributed by atoms with Gasteiger partial charge in [-0.15, -0.1) is 0 Å². The van der Waals surface area contributed by atoms with Crippen LogP contribution in [0.1, 0.15) is 41.4 Å². The van der Waals surface area contributed by atoms with Crippen molar-refractivity contribution in [3.63, 3.8) is 0 Å². The first kappa shape index (κ1) is 20.2. The molecule has 6 nitrogen and oxygen atoms in total. The quantitative estimate of drug-likeness (QED) is 0.596. The molecule has 0 saturated heterocycles. The minimum Gasteiger partial charge on any atom is -0.478 e. The van der Waals surface area contributed by atoms with Crippen molar-refractivity contribution in [2.45, 2.75) is 19.9 Å². The zero-order valence-corrected chi connectivity index (χ0v) is 15.7. The molecular formula is C21H18F2N2O4. The first-order valence-corrected chi connectivity index (χ1v) is 8.87. The van der Waals surface area contributed by atoms with Gasteiger partial charge < -0.3 is 15.2 Å². The number of ketones is 1. The van der Waals surface area contributed by atoms with Crippen LogP contribution >= 0.6 is 0 Å². The molecule has 1 atom stereocenters. The van der Waals surface area contributed by atoms with Crippen LogP contribution in [-0.2, 0) is 0 Å². The maximum atomic E-state index is 14.7. The summed E-state index contributed by atoms with van der Waals surface area (Å²) >= 11 is 0. The summed E-state index contributed by atoms with van der Waals surface area (Å²) in [6, 6.07) is 7.82. The highest BCUT2D eigenvalue weighted by Gasteiger charge is 2.24. The molecule has 3 rings (SSSR count). The van der Waals surface area contributed by atoms with Gasteiger partial charge in [0, 0.05) is 22.7 Å². The smallest absolute Gasteiger partial charge is 0.405 e. The molecule has 0 fully saturated rings. The fourth-order valence-corrected chi connectivity index (χ4v) is 3.11. The van der Waals surface area contributed by atoms with Crippen molar-refractivity contribution in [1.82, 2.24) is 10.3 Å². The Bertz CT molecular complexity index is 1100. The van der Waals surface area contributed by atoms with E-state index in [0.717, 1.165) is 6.07 Å². The van der Waals surface area contributed by atoms with Gasteiger partial charge in [0.15, 0.2) is 17.4 Å². The number of hydrogen-bond acceptors (Lipinski definition) is 4. The van der Waals surface area contributed by atoms with Crippen LogP contribution in [0.25, 0.3) is 10.8 Å². The first-order chi connectivity index (χ1) is 13.8. The molecular weight excluding hydrogens is 382 g/mol. The summed E-state index contributed by atoms with van der Waals surface area (Å²) in [5, 5.41) is 11.9. The number of halogens is 2. The Kier molecular flexibility index (Phi) is 5.72. The van der Waals surface area contributed by atoms with E-state index in [1.54, 1.807) is 25.1 Å². The SMILES string of the molecule is CCOc1nccc2c(C(=O)c3ccc(C(C)NC(=O)O)c(F)c3F)cccc12. The van der Waals surface area contributed by atoms with Crippen molar-refractivity contribution in [2.75, 3.05) is 6.61 Å². The Morgan fingerprint density at radius 2 is 1.86 bits per heavy atom. The van der Waals surface area contributed by atoms with Gasteiger partial charge in [-0.1, -0.05) is 18.2 Å². The average Bonchev–Trinajstić information content (AvgIpc) is 2.69. The van der Waals surface area contributed by atoms with Crippen LogP contribution in [0.4, 0.5) is 13.6 Å². The van der Waals surface area contributed by atoms with Crippen LogP contribution < -0.4 is 10.1 Å². The molecule has 2 aromatic carbocycles. The number of nitrogens with one attached hydrogen (secondary N) is 1. The van der Waals surface area contributed by atoms with E-state index in [-0.39, 0.29) is 11.1 Å². The Hall–Kier alpha value is -3.55. The van der Waals surface area contributed by atoms with E-state index < -0.39 is 35.1 Å². The predicted molar refractivity (Wildman–Crippen MR) is 102 cm³/mol. The summed E-state index contributed by atoms with van der Waals surface area (Å²) in [7, 11) is 0. The molecule has 0 saturated carbocycles. The Morgan fingerprint density at radius 1 is 1.10 bits per heavy atom. The van der Waals surface area contributed by atoms with E-state index in [4.69, 9.17) is 9.84 Å². The summed E-state index contributed by atoms with van der Waals surface area (Å²) < 4.78 is 34.7. The van der Waals surface area contributed by atoms with E-state index in [1.807, 2.05) is 0 Å². The van der Waals surface area contributed by atoms with Crippen LogP contribution in [0.5, 0.6) is 5.88 Å². The third kappa shape index (κ3) is 3.87. The maximum Gasteiger partial charge on any atom is 0.405 e. The van der Waals surface area contributed by atoms with Gasteiger partial charge in [-0.3, -0.25) is 4.79 Å². The van der Waals surface area contributed by atoms with Crippen molar-refractivity contribution >= 4 is 22.6 Å². The second-order valence-electron chi connectivity index (χ2n) is 6.28. The number of ether oxygens (including phenoxy) is 1. The molecule has 8 heteroatoms. The summed E-state index contributed by atoms with van der Waals surface area (Å²) in [4.78, 5) is 27.9. The lowest BCUT2D eigenvalue weighted by molar-refractivity contribution is 0.103. The number of amides is 1. The number of fused-ring (bicyclic) bond motifs is 1. The van der Waals surface area contributed by atoms with Gasteiger partial charge >= 0.3 is 6.09 Å². The molecule has 0 bridgehead atoms. The third-order valence-electron chi connectivity index (χ3n) is 4.46. The highest BCUT2D eigenvalue weighted by atomic mass is 19.2. The van der Waals surface area contributed by atoms with Crippen molar-refractivity contribution in [3.8, 4) is 5.88 Å². The van der Waals surface area contributed by atoms with Crippen molar-refractivity contribution in [2.24, 2.45) is 0 Å². The van der Waals surface area contributed by atoms with Gasteiger partial charge in [0.1, 0.15) is 0 Å². The van der Waals surface area contributed by atoms with Crippen LogP contribution in [0.3, 0.4) is 0 Å². The number of nitrogens with zero attached hydrogens (tertiary/aromatic N) is 1. The molecule has 0 aliphatic carbocycles. The monoisotopic (exact) mass is 400 g/mol. The molecule has 1 heterocycles. The largest absolute Gasteiger partial charge is 0.478 e. The topological polar surface area (TPSA) is 88.5 Å². The zero-order chi connectivity index (χ0) is 21.1. The number of hydrogen-bond donors (Lipinski definition) is 2. The van der Waals surface area contributed by atoms with Crippen molar-refractivity contribution in [1.29, 1.82) is 0 Å². The normalized spacial score (nSPS) is 11.9. The molecule has 1 aromatic heterocycles. The third-order valence-corrected chi connectivity index (χ3v) is 4.46. The summed E-state index contributed by atoms with van der Waals surface area (Å²) in [6.07, 6.45) is 0.107. The minimum absolute atomic E-state index is 0.175. The van der Waals surface area contributed by atoms with Gasteiger partial charge in [-0.2, -0.15) is 0 Å². The second-order valence-corrected chi connectivity index (χ2v) is 6.28. The fourth-order valence-electron chi connectivity index (χ4n) is 3.11. The van der Waals surface area contributed by atoms with E-state index in [1.165, 1.54) is 25.3 Å². The number of rotatable bonds is 6. The lowest BCUT2D eigenvalue weighted by Crippen LogP contribution is -2.25. The Labute approximate surface area is 165 Å². The van der Waals surface area contributed by atoms with Crippen LogP contribution in [0.2, 0.25) is 0 Å². The number of carbonyl (C=O) groups is 2. The number of carbonyl (C=O) groups excluding carboxylic acids is 1. The molecule has 1 amide bonds. The lowest BCUT2D eigenvalue weighted by atomic mass is 9.95. The number of benzene rings is 2. The lowest BCUT2D eigenvalue weighted by Gasteiger charge is -2.15. The number of aromatic nitrogens is 1. The molecule has 0 spiro atoms. The Balaban J connectivity index is 2.07. The summed E-state index contributed by atoms with van der Waals surface area (Å²) in [5.41, 5.74) is -0.466. The molecule has 150 valence electrons. The van der Waals surface area contributed by atoms with E-state index in [0.29, 0.717) is 23.3 Å². The van der Waals surface area contributed by atoms with E-state index in [2.05, 4.69) is 10.3 Å². The van der Waals surface area contributed by atoms with Gasteiger partial charge in [-0.25, -0.2) is 18.6 Å². The first-order valence-electron chi connectivity index (χ1n) is 8.87. The fraction of sp³-hybridized carbons (Fsp3) is 0.190. The second kappa shape index (κ2) is 8.22. The van der Waals surface area contributed by atoms with Crippen molar-refractivity contribution in [3.05, 3.63) is 70.9 Å². The number of carboxylic acid groups (broad SMARTS) is 1. The van der Waals surface area contributed by atoms with Gasteiger partial charge in [0.05, 0.1) is 18.2 Å². The van der Waals surface area contributed by atoms with E-state index >= 15 is 0 Å².